The molecule has 2 aromatic rings. The number of anilines is 1. The molecule has 2 unspecified atom stereocenters. The van der Waals surface area contributed by atoms with Gasteiger partial charge in [-0.1, -0.05) is 18.2 Å². The molecule has 0 amide bonds. The van der Waals surface area contributed by atoms with Crippen molar-refractivity contribution >= 4 is 11.7 Å². The number of para-hydroxylation sites is 1. The summed E-state index contributed by atoms with van der Waals surface area (Å²) >= 11 is 0. The summed E-state index contributed by atoms with van der Waals surface area (Å²) in [6.45, 7) is 7.09. The number of carbonyl (C=O) groups is 1. The Morgan fingerprint density at radius 1 is 1.18 bits per heavy atom. The first kappa shape index (κ1) is 20.1. The van der Waals surface area contributed by atoms with Gasteiger partial charge in [0.05, 0.1) is 13.0 Å². The van der Waals surface area contributed by atoms with E-state index in [0.29, 0.717) is 25.5 Å². The van der Waals surface area contributed by atoms with Crippen LogP contribution in [0.5, 0.6) is 5.75 Å². The van der Waals surface area contributed by atoms with Crippen LogP contribution in [-0.4, -0.2) is 54.4 Å². The molecule has 1 aliphatic rings. The molecule has 1 saturated heterocycles. The number of benzene rings is 1. The van der Waals surface area contributed by atoms with Crippen LogP contribution in [0.25, 0.3) is 0 Å². The number of nitrogens with zero attached hydrogens (tertiary/aromatic N) is 3. The lowest BCUT2D eigenvalue weighted by Crippen LogP contribution is -2.56. The average molecular weight is 383 g/mol. The van der Waals surface area contributed by atoms with Crippen LogP contribution in [0.15, 0.2) is 54.9 Å². The minimum absolute atomic E-state index is 0.158. The quantitative estimate of drug-likeness (QED) is 0.652. The van der Waals surface area contributed by atoms with E-state index in [0.717, 1.165) is 25.4 Å². The molecule has 0 bridgehead atoms. The van der Waals surface area contributed by atoms with Crippen LogP contribution in [0, 0.1) is 0 Å². The van der Waals surface area contributed by atoms with Gasteiger partial charge in [-0.3, -0.25) is 14.7 Å². The average Bonchev–Trinajstić information content (AvgIpc) is 2.72. The molecular weight excluding hydrogens is 354 g/mol. The third-order valence-electron chi connectivity index (χ3n) is 4.98. The van der Waals surface area contributed by atoms with Gasteiger partial charge in [-0.2, -0.15) is 0 Å². The molecule has 28 heavy (non-hydrogen) atoms. The van der Waals surface area contributed by atoms with Crippen LogP contribution in [0.4, 0.5) is 5.69 Å². The van der Waals surface area contributed by atoms with Crippen LogP contribution in [0.2, 0.25) is 0 Å². The highest BCUT2D eigenvalue weighted by molar-refractivity contribution is 5.69. The summed E-state index contributed by atoms with van der Waals surface area (Å²) in [6.07, 6.45) is 4.46. The van der Waals surface area contributed by atoms with Gasteiger partial charge in [0.2, 0.25) is 0 Å². The van der Waals surface area contributed by atoms with E-state index in [1.165, 1.54) is 5.69 Å². The minimum atomic E-state index is -0.173. The molecular formula is C22H29N3O3. The standard InChI is InChI=1S/C22H29N3O3/c1-3-27-22(26)10-9-21(28-20-7-5-4-6-8-20)24-15-16-25(18(2)17-24)19-11-13-23-14-12-19/h4-8,11-14,18,21H,3,9-10,15-17H2,1-2H3. The van der Waals surface area contributed by atoms with Gasteiger partial charge in [0, 0.05) is 50.2 Å². The Labute approximate surface area is 167 Å². The van der Waals surface area contributed by atoms with Crippen molar-refractivity contribution in [3.05, 3.63) is 54.9 Å². The van der Waals surface area contributed by atoms with E-state index >= 15 is 0 Å². The summed E-state index contributed by atoms with van der Waals surface area (Å²) in [5, 5.41) is 0. The van der Waals surface area contributed by atoms with E-state index in [1.54, 1.807) is 0 Å². The SMILES string of the molecule is CCOC(=O)CCC(Oc1ccccc1)N1CCN(c2ccncc2)C(C)C1. The maximum absolute atomic E-state index is 11.9. The van der Waals surface area contributed by atoms with Gasteiger partial charge in [0.15, 0.2) is 6.23 Å². The third kappa shape index (κ3) is 5.45. The first-order chi connectivity index (χ1) is 13.7. The maximum atomic E-state index is 11.9. The second kappa shape index (κ2) is 10.1. The van der Waals surface area contributed by atoms with Crippen molar-refractivity contribution in [2.45, 2.75) is 39.0 Å². The largest absolute Gasteiger partial charge is 0.475 e. The number of aromatic nitrogens is 1. The first-order valence-corrected chi connectivity index (χ1v) is 9.95. The monoisotopic (exact) mass is 383 g/mol. The van der Waals surface area contributed by atoms with Crippen LogP contribution < -0.4 is 9.64 Å². The van der Waals surface area contributed by atoms with E-state index < -0.39 is 0 Å². The Bertz CT molecular complexity index is 726. The zero-order valence-corrected chi connectivity index (χ0v) is 16.7. The number of esters is 1. The molecule has 6 nitrogen and oxygen atoms in total. The highest BCUT2D eigenvalue weighted by atomic mass is 16.5. The molecule has 2 atom stereocenters. The number of carbonyl (C=O) groups excluding carboxylic acids is 1. The molecule has 3 rings (SSSR count). The molecule has 0 N–H and O–H groups in total. The lowest BCUT2D eigenvalue weighted by Gasteiger charge is -2.44. The maximum Gasteiger partial charge on any atom is 0.305 e. The lowest BCUT2D eigenvalue weighted by molar-refractivity contribution is -0.144. The van der Waals surface area contributed by atoms with E-state index in [-0.39, 0.29) is 12.2 Å². The zero-order valence-electron chi connectivity index (χ0n) is 16.7. The Morgan fingerprint density at radius 3 is 2.61 bits per heavy atom. The summed E-state index contributed by atoms with van der Waals surface area (Å²) in [7, 11) is 0. The van der Waals surface area contributed by atoms with E-state index in [1.807, 2.05) is 61.8 Å². The van der Waals surface area contributed by atoms with E-state index in [9.17, 15) is 4.79 Å². The first-order valence-electron chi connectivity index (χ1n) is 9.95. The summed E-state index contributed by atoms with van der Waals surface area (Å²) in [5.74, 6) is 0.646. The highest BCUT2D eigenvalue weighted by Gasteiger charge is 2.30. The van der Waals surface area contributed by atoms with Crippen LogP contribution in [0.1, 0.15) is 26.7 Å². The number of hydrogen-bond donors (Lipinski definition) is 0. The number of hydrogen-bond acceptors (Lipinski definition) is 6. The van der Waals surface area contributed by atoms with Gasteiger partial charge in [0.1, 0.15) is 5.75 Å². The summed E-state index contributed by atoms with van der Waals surface area (Å²) in [5.41, 5.74) is 1.19. The highest BCUT2D eigenvalue weighted by Crippen LogP contribution is 2.23. The van der Waals surface area contributed by atoms with Crippen molar-refractivity contribution in [2.24, 2.45) is 0 Å². The summed E-state index contributed by atoms with van der Waals surface area (Å²) in [4.78, 5) is 20.7. The molecule has 0 saturated carbocycles. The predicted molar refractivity (Wildman–Crippen MR) is 109 cm³/mol. The van der Waals surface area contributed by atoms with Gasteiger partial charge in [-0.05, 0) is 38.1 Å². The van der Waals surface area contributed by atoms with Gasteiger partial charge in [-0.15, -0.1) is 0 Å². The fourth-order valence-corrected chi connectivity index (χ4v) is 3.61. The van der Waals surface area contributed by atoms with Gasteiger partial charge >= 0.3 is 5.97 Å². The third-order valence-corrected chi connectivity index (χ3v) is 4.98. The normalized spacial score (nSPS) is 18.5. The Hall–Kier alpha value is -2.60. The van der Waals surface area contributed by atoms with Crippen LogP contribution >= 0.6 is 0 Å². The lowest BCUT2D eigenvalue weighted by atomic mass is 10.1. The molecule has 0 spiro atoms. The van der Waals surface area contributed by atoms with Crippen molar-refractivity contribution in [1.82, 2.24) is 9.88 Å². The molecule has 1 fully saturated rings. The molecule has 1 aromatic carbocycles. The number of pyridine rings is 1. The minimum Gasteiger partial charge on any atom is -0.475 e. The number of ether oxygens (including phenoxy) is 2. The molecule has 6 heteroatoms. The number of rotatable bonds is 8. The second-order valence-corrected chi connectivity index (χ2v) is 6.97. The number of piperazine rings is 1. The van der Waals surface area contributed by atoms with E-state index in [4.69, 9.17) is 9.47 Å². The summed E-state index contributed by atoms with van der Waals surface area (Å²) in [6, 6.07) is 14.2. The smallest absolute Gasteiger partial charge is 0.305 e. The Morgan fingerprint density at radius 2 is 1.93 bits per heavy atom. The van der Waals surface area contributed by atoms with Crippen molar-refractivity contribution < 1.29 is 14.3 Å². The molecule has 0 radical (unpaired) electrons. The molecule has 150 valence electrons. The fourth-order valence-electron chi connectivity index (χ4n) is 3.61. The molecule has 1 aliphatic heterocycles. The fraction of sp³-hybridized carbons (Fsp3) is 0.455. The topological polar surface area (TPSA) is 54.9 Å². The van der Waals surface area contributed by atoms with Crippen molar-refractivity contribution in [3.63, 3.8) is 0 Å². The predicted octanol–water partition coefficient (Wildman–Crippen LogP) is 3.34. The molecule has 0 aliphatic carbocycles. The Balaban J connectivity index is 1.66. The summed E-state index contributed by atoms with van der Waals surface area (Å²) < 4.78 is 11.4. The van der Waals surface area contributed by atoms with E-state index in [2.05, 4.69) is 21.7 Å². The van der Waals surface area contributed by atoms with Crippen molar-refractivity contribution in [2.75, 3.05) is 31.1 Å². The van der Waals surface area contributed by atoms with Crippen molar-refractivity contribution in [3.8, 4) is 5.75 Å². The van der Waals surface area contributed by atoms with Gasteiger partial charge in [0.25, 0.3) is 0 Å². The zero-order chi connectivity index (χ0) is 19.8. The molecule has 1 aromatic heterocycles. The van der Waals surface area contributed by atoms with Crippen LogP contribution in [-0.2, 0) is 9.53 Å². The molecule has 2 heterocycles. The van der Waals surface area contributed by atoms with Crippen LogP contribution in [0.3, 0.4) is 0 Å². The Kier molecular flexibility index (Phi) is 7.25. The van der Waals surface area contributed by atoms with Gasteiger partial charge < -0.3 is 14.4 Å². The van der Waals surface area contributed by atoms with Gasteiger partial charge in [-0.25, -0.2) is 0 Å². The second-order valence-electron chi connectivity index (χ2n) is 6.97. The van der Waals surface area contributed by atoms with Crippen molar-refractivity contribution in [1.29, 1.82) is 0 Å².